The molecule has 0 aliphatic carbocycles. The molecule has 140 valence electrons. The van der Waals surface area contributed by atoms with Gasteiger partial charge in [-0.05, 0) is 30.7 Å². The van der Waals surface area contributed by atoms with Crippen molar-refractivity contribution in [1.82, 2.24) is 4.90 Å². The van der Waals surface area contributed by atoms with E-state index in [4.69, 9.17) is 4.74 Å². The number of hydrogen-bond acceptors (Lipinski definition) is 5. The van der Waals surface area contributed by atoms with Gasteiger partial charge in [-0.2, -0.15) is 0 Å². The van der Waals surface area contributed by atoms with Crippen molar-refractivity contribution in [2.75, 3.05) is 20.7 Å². The zero-order valence-corrected chi connectivity index (χ0v) is 15.3. The molecule has 7 nitrogen and oxygen atoms in total. The quantitative estimate of drug-likeness (QED) is 0.324. The summed E-state index contributed by atoms with van der Waals surface area (Å²) in [7, 11) is 3.26. The minimum Gasteiger partial charge on any atom is -0.484 e. The van der Waals surface area contributed by atoms with Crippen LogP contribution >= 0.6 is 0 Å². The molecule has 0 atom stereocenters. The molecule has 7 heteroatoms. The Bertz CT molecular complexity index is 903. The number of nitro groups is 1. The van der Waals surface area contributed by atoms with Crippen LogP contribution in [0.15, 0.2) is 48.5 Å². The van der Waals surface area contributed by atoms with Gasteiger partial charge < -0.3 is 9.64 Å². The fourth-order valence-electron chi connectivity index (χ4n) is 2.21. The molecule has 27 heavy (non-hydrogen) atoms. The molecule has 2 aromatic carbocycles. The Kier molecular flexibility index (Phi) is 6.43. The standard InChI is InChI=1S/C20H20N2O5/c1-14-7-8-15(11-18(14)22(25)26)9-10-19(23)16-5-4-6-17(12-16)27-13-20(24)21(2)3/h4-12H,13H2,1-3H3. The topological polar surface area (TPSA) is 89.8 Å². The monoisotopic (exact) mass is 368 g/mol. The van der Waals surface area contributed by atoms with Gasteiger partial charge in [0, 0.05) is 31.3 Å². The average molecular weight is 368 g/mol. The number of likely N-dealkylation sites (N-methyl/N-ethyl adjacent to an activating group) is 1. The third-order valence-corrected chi connectivity index (χ3v) is 3.84. The van der Waals surface area contributed by atoms with Crippen molar-refractivity contribution in [2.24, 2.45) is 0 Å². The number of allylic oxidation sites excluding steroid dienone is 1. The predicted octanol–water partition coefficient (Wildman–Crippen LogP) is 3.27. The Hall–Kier alpha value is -3.48. The molecule has 0 saturated carbocycles. The Morgan fingerprint density at radius 3 is 2.59 bits per heavy atom. The zero-order chi connectivity index (χ0) is 20.0. The van der Waals surface area contributed by atoms with Gasteiger partial charge >= 0.3 is 0 Å². The summed E-state index contributed by atoms with van der Waals surface area (Å²) in [4.78, 5) is 35.9. The molecule has 0 aromatic heterocycles. The maximum Gasteiger partial charge on any atom is 0.272 e. The first kappa shape index (κ1) is 19.8. The number of carbonyl (C=O) groups excluding carboxylic acids is 2. The van der Waals surface area contributed by atoms with E-state index in [1.165, 1.54) is 23.1 Å². The van der Waals surface area contributed by atoms with E-state index >= 15 is 0 Å². The third-order valence-electron chi connectivity index (χ3n) is 3.84. The fraction of sp³-hybridized carbons (Fsp3) is 0.200. The van der Waals surface area contributed by atoms with Gasteiger partial charge in [-0.25, -0.2) is 0 Å². The maximum atomic E-state index is 12.4. The molecule has 0 radical (unpaired) electrons. The summed E-state index contributed by atoms with van der Waals surface area (Å²) in [5, 5.41) is 11.0. The Labute approximate surface area is 157 Å². The number of rotatable bonds is 7. The van der Waals surface area contributed by atoms with Crippen molar-refractivity contribution in [2.45, 2.75) is 6.92 Å². The Morgan fingerprint density at radius 2 is 1.93 bits per heavy atom. The normalized spacial score (nSPS) is 10.6. The van der Waals surface area contributed by atoms with E-state index in [0.717, 1.165) is 0 Å². The van der Waals surface area contributed by atoms with E-state index in [9.17, 15) is 19.7 Å². The SMILES string of the molecule is Cc1ccc(C=CC(=O)c2cccc(OCC(=O)N(C)C)c2)cc1[N+](=O)[O-]. The van der Waals surface area contributed by atoms with Crippen molar-refractivity contribution >= 4 is 23.5 Å². The summed E-state index contributed by atoms with van der Waals surface area (Å²) >= 11 is 0. The first-order valence-electron chi connectivity index (χ1n) is 8.18. The highest BCUT2D eigenvalue weighted by atomic mass is 16.6. The summed E-state index contributed by atoms with van der Waals surface area (Å²) in [6.45, 7) is 1.54. The minimum atomic E-state index is -0.454. The average Bonchev–Trinajstić information content (AvgIpc) is 2.65. The largest absolute Gasteiger partial charge is 0.484 e. The second-order valence-electron chi connectivity index (χ2n) is 6.11. The number of hydrogen-bond donors (Lipinski definition) is 0. The summed E-state index contributed by atoms with van der Waals surface area (Å²) < 4.78 is 5.40. The summed E-state index contributed by atoms with van der Waals surface area (Å²) in [5.41, 5.74) is 1.51. The lowest BCUT2D eigenvalue weighted by atomic mass is 10.1. The number of ether oxygens (including phenoxy) is 1. The second kappa shape index (κ2) is 8.75. The lowest BCUT2D eigenvalue weighted by Crippen LogP contribution is -2.27. The van der Waals surface area contributed by atoms with Crippen LogP contribution in [0.2, 0.25) is 0 Å². The highest BCUT2D eigenvalue weighted by Gasteiger charge is 2.10. The molecule has 1 amide bonds. The number of carbonyl (C=O) groups is 2. The van der Waals surface area contributed by atoms with Crippen molar-refractivity contribution in [3.63, 3.8) is 0 Å². The summed E-state index contributed by atoms with van der Waals surface area (Å²) in [6.07, 6.45) is 2.87. The molecule has 0 saturated heterocycles. The van der Waals surface area contributed by atoms with E-state index < -0.39 is 4.92 Å². The van der Waals surface area contributed by atoms with Crippen molar-refractivity contribution in [3.8, 4) is 5.75 Å². The minimum absolute atomic E-state index is 0.00514. The summed E-state index contributed by atoms with van der Waals surface area (Å²) in [5.74, 6) is -0.0503. The van der Waals surface area contributed by atoms with Gasteiger partial charge in [0.1, 0.15) is 5.75 Å². The van der Waals surface area contributed by atoms with Crippen LogP contribution < -0.4 is 4.74 Å². The third kappa shape index (κ3) is 5.50. The van der Waals surface area contributed by atoms with Crippen molar-refractivity contribution in [1.29, 1.82) is 0 Å². The Morgan fingerprint density at radius 1 is 1.19 bits per heavy atom. The van der Waals surface area contributed by atoms with Gasteiger partial charge in [0.15, 0.2) is 12.4 Å². The number of nitrogens with zero attached hydrogens (tertiary/aromatic N) is 2. The molecule has 2 rings (SSSR count). The smallest absolute Gasteiger partial charge is 0.272 e. The van der Waals surface area contributed by atoms with Crippen LogP contribution in [-0.4, -0.2) is 42.2 Å². The van der Waals surface area contributed by atoms with E-state index in [2.05, 4.69) is 0 Å². The molecule has 0 N–H and O–H groups in total. The molecule has 0 aliphatic heterocycles. The number of benzene rings is 2. The first-order valence-corrected chi connectivity index (χ1v) is 8.18. The van der Waals surface area contributed by atoms with E-state index in [-0.39, 0.29) is 24.0 Å². The van der Waals surface area contributed by atoms with Crippen LogP contribution in [0, 0.1) is 17.0 Å². The van der Waals surface area contributed by atoms with Gasteiger partial charge in [-0.15, -0.1) is 0 Å². The van der Waals surface area contributed by atoms with Crippen LogP contribution in [0.4, 0.5) is 5.69 Å². The van der Waals surface area contributed by atoms with E-state index in [0.29, 0.717) is 22.4 Å². The molecule has 0 spiro atoms. The maximum absolute atomic E-state index is 12.4. The van der Waals surface area contributed by atoms with Gasteiger partial charge in [0.25, 0.3) is 11.6 Å². The first-order chi connectivity index (χ1) is 12.8. The summed E-state index contributed by atoms with van der Waals surface area (Å²) in [6, 6.07) is 11.3. The zero-order valence-electron chi connectivity index (χ0n) is 15.3. The molecule has 2 aromatic rings. The molecule has 0 bridgehead atoms. The molecular formula is C20H20N2O5. The number of nitro benzene ring substituents is 1. The number of ketones is 1. The van der Waals surface area contributed by atoms with Gasteiger partial charge in [0.2, 0.25) is 0 Å². The van der Waals surface area contributed by atoms with Gasteiger partial charge in [0.05, 0.1) is 4.92 Å². The van der Waals surface area contributed by atoms with E-state index in [1.54, 1.807) is 57.4 Å². The van der Waals surface area contributed by atoms with Crippen LogP contribution in [0.1, 0.15) is 21.5 Å². The lowest BCUT2D eigenvalue weighted by Gasteiger charge is -2.11. The Balaban J connectivity index is 2.11. The van der Waals surface area contributed by atoms with Gasteiger partial charge in [-0.1, -0.05) is 30.3 Å². The van der Waals surface area contributed by atoms with Crippen LogP contribution in [-0.2, 0) is 4.79 Å². The molecule has 0 unspecified atom stereocenters. The van der Waals surface area contributed by atoms with Crippen LogP contribution in [0.25, 0.3) is 6.08 Å². The van der Waals surface area contributed by atoms with Crippen LogP contribution in [0.3, 0.4) is 0 Å². The van der Waals surface area contributed by atoms with Gasteiger partial charge in [-0.3, -0.25) is 19.7 Å². The number of amides is 1. The molecular weight excluding hydrogens is 348 g/mol. The molecule has 0 aliphatic rings. The fourth-order valence-corrected chi connectivity index (χ4v) is 2.21. The lowest BCUT2D eigenvalue weighted by molar-refractivity contribution is -0.385. The molecule has 0 fully saturated rings. The van der Waals surface area contributed by atoms with Crippen molar-refractivity contribution in [3.05, 3.63) is 75.3 Å². The molecule has 0 heterocycles. The van der Waals surface area contributed by atoms with E-state index in [1.807, 2.05) is 0 Å². The van der Waals surface area contributed by atoms with Crippen LogP contribution in [0.5, 0.6) is 5.75 Å². The second-order valence-corrected chi connectivity index (χ2v) is 6.11. The highest BCUT2D eigenvalue weighted by Crippen LogP contribution is 2.20. The predicted molar refractivity (Wildman–Crippen MR) is 102 cm³/mol. The van der Waals surface area contributed by atoms with Crippen molar-refractivity contribution < 1.29 is 19.2 Å². The highest BCUT2D eigenvalue weighted by molar-refractivity contribution is 6.07. The number of aryl methyl sites for hydroxylation is 1.